The van der Waals surface area contributed by atoms with Crippen molar-refractivity contribution in [1.82, 2.24) is 15.4 Å². The van der Waals surface area contributed by atoms with E-state index in [0.717, 1.165) is 11.9 Å². The highest BCUT2D eigenvalue weighted by Gasteiger charge is 2.24. The van der Waals surface area contributed by atoms with Gasteiger partial charge in [0, 0.05) is 21.3 Å². The zero-order valence-electron chi connectivity index (χ0n) is 14.9. The lowest BCUT2D eigenvalue weighted by atomic mass is 10.2. The van der Waals surface area contributed by atoms with Gasteiger partial charge in [0.15, 0.2) is 0 Å². The van der Waals surface area contributed by atoms with Gasteiger partial charge in [-0.15, -0.1) is 0 Å². The Morgan fingerprint density at radius 2 is 1.69 bits per heavy atom. The summed E-state index contributed by atoms with van der Waals surface area (Å²) in [5, 5.41) is 15.5. The van der Waals surface area contributed by atoms with Gasteiger partial charge < -0.3 is 5.32 Å². The van der Waals surface area contributed by atoms with E-state index in [2.05, 4.69) is 26.1 Å². The van der Waals surface area contributed by atoms with E-state index in [4.69, 9.17) is 23.2 Å². The predicted octanol–water partition coefficient (Wildman–Crippen LogP) is 4.50. The lowest BCUT2D eigenvalue weighted by Gasteiger charge is -2.12. The van der Waals surface area contributed by atoms with Crippen molar-refractivity contribution in [3.8, 4) is 0 Å². The van der Waals surface area contributed by atoms with Crippen molar-refractivity contribution >= 4 is 52.1 Å². The van der Waals surface area contributed by atoms with Gasteiger partial charge in [0.25, 0.3) is 5.91 Å². The third-order valence-electron chi connectivity index (χ3n) is 3.85. The van der Waals surface area contributed by atoms with Gasteiger partial charge >= 0.3 is 5.69 Å². The second-order valence-electron chi connectivity index (χ2n) is 5.85. The highest BCUT2D eigenvalue weighted by molar-refractivity contribution is 6.31. The fourth-order valence-electron chi connectivity index (χ4n) is 2.42. The lowest BCUT2D eigenvalue weighted by molar-refractivity contribution is -0.383. The second kappa shape index (κ2) is 8.72. The Bertz CT molecular complexity index is 1080. The van der Waals surface area contributed by atoms with Crippen LogP contribution in [0.5, 0.6) is 0 Å². The quantitative estimate of drug-likeness (QED) is 0.386. The third kappa shape index (κ3) is 4.89. The average Bonchev–Trinajstić information content (AvgIpc) is 2.68. The molecule has 3 rings (SSSR count). The van der Waals surface area contributed by atoms with E-state index in [1.807, 2.05) is 0 Å². The van der Waals surface area contributed by atoms with Gasteiger partial charge in [0.05, 0.1) is 4.92 Å². The topological polar surface area (TPSA) is 122 Å². The molecule has 148 valence electrons. The molecular formula is C18H14Cl2N6O3. The molecule has 29 heavy (non-hydrogen) atoms. The van der Waals surface area contributed by atoms with Gasteiger partial charge in [-0.2, -0.15) is 0 Å². The number of hydrogen-bond donors (Lipinski definition) is 3. The number of carbonyl (C=O) groups excluding carboxylic acids is 1. The summed E-state index contributed by atoms with van der Waals surface area (Å²) >= 11 is 11.7. The summed E-state index contributed by atoms with van der Waals surface area (Å²) < 4.78 is 0. The van der Waals surface area contributed by atoms with Gasteiger partial charge in [-0.05, 0) is 55.0 Å². The first-order chi connectivity index (χ1) is 13.8. The van der Waals surface area contributed by atoms with Crippen molar-refractivity contribution in [2.24, 2.45) is 0 Å². The number of nitro groups is 1. The summed E-state index contributed by atoms with van der Waals surface area (Å²) in [5.74, 6) is -0.738. The van der Waals surface area contributed by atoms with Crippen LogP contribution >= 0.6 is 23.2 Å². The molecule has 0 saturated carbocycles. The fourth-order valence-corrected chi connectivity index (χ4v) is 2.77. The molecule has 0 aliphatic carbocycles. The van der Waals surface area contributed by atoms with Crippen molar-refractivity contribution in [3.63, 3.8) is 0 Å². The summed E-state index contributed by atoms with van der Waals surface area (Å²) in [4.78, 5) is 31.0. The van der Waals surface area contributed by atoms with Crippen LogP contribution in [0.2, 0.25) is 10.0 Å². The summed E-state index contributed by atoms with van der Waals surface area (Å²) in [7, 11) is 0. The minimum Gasteiger partial charge on any atom is -0.334 e. The van der Waals surface area contributed by atoms with Crippen LogP contribution in [-0.4, -0.2) is 20.8 Å². The smallest absolute Gasteiger partial charge is 0.334 e. The molecule has 3 N–H and O–H groups in total. The molecule has 1 heterocycles. The molecule has 9 nitrogen and oxygen atoms in total. The first kappa shape index (κ1) is 20.3. The highest BCUT2D eigenvalue weighted by Crippen LogP contribution is 2.32. The van der Waals surface area contributed by atoms with Crippen molar-refractivity contribution in [2.75, 3.05) is 10.7 Å². The van der Waals surface area contributed by atoms with Crippen LogP contribution < -0.4 is 16.2 Å². The SMILES string of the molecule is Cc1cc(Cl)ccc1Nc1ncnc(NNC(=O)c2ccc(Cl)cc2)c1[N+](=O)[O-]. The molecule has 2 aromatic carbocycles. The first-order valence-electron chi connectivity index (χ1n) is 8.19. The van der Waals surface area contributed by atoms with Crippen molar-refractivity contribution in [1.29, 1.82) is 0 Å². The Balaban J connectivity index is 1.83. The number of halogens is 2. The molecule has 3 aromatic rings. The number of aryl methyl sites for hydroxylation is 1. The number of anilines is 3. The maximum absolute atomic E-state index is 12.2. The van der Waals surface area contributed by atoms with Crippen LogP contribution in [0.3, 0.4) is 0 Å². The van der Waals surface area contributed by atoms with Crippen LogP contribution in [0.1, 0.15) is 15.9 Å². The molecule has 0 radical (unpaired) electrons. The van der Waals surface area contributed by atoms with E-state index < -0.39 is 16.5 Å². The van der Waals surface area contributed by atoms with Gasteiger partial charge in [-0.1, -0.05) is 23.2 Å². The number of benzene rings is 2. The number of hydrogen-bond acceptors (Lipinski definition) is 7. The molecule has 0 atom stereocenters. The number of amides is 1. The van der Waals surface area contributed by atoms with E-state index in [0.29, 0.717) is 21.3 Å². The monoisotopic (exact) mass is 432 g/mol. The Kier molecular flexibility index (Phi) is 6.10. The van der Waals surface area contributed by atoms with Crippen LogP contribution in [0, 0.1) is 17.0 Å². The lowest BCUT2D eigenvalue weighted by Crippen LogP contribution is -2.30. The van der Waals surface area contributed by atoms with E-state index >= 15 is 0 Å². The zero-order chi connectivity index (χ0) is 21.0. The molecule has 0 bridgehead atoms. The molecule has 0 unspecified atom stereocenters. The van der Waals surface area contributed by atoms with Gasteiger partial charge in [0.2, 0.25) is 11.6 Å². The molecule has 11 heteroatoms. The molecule has 1 amide bonds. The molecule has 1 aromatic heterocycles. The number of aromatic nitrogens is 2. The van der Waals surface area contributed by atoms with Crippen LogP contribution in [-0.2, 0) is 0 Å². The predicted molar refractivity (Wildman–Crippen MR) is 111 cm³/mol. The normalized spacial score (nSPS) is 10.3. The van der Waals surface area contributed by atoms with Crippen molar-refractivity contribution < 1.29 is 9.72 Å². The number of carbonyl (C=O) groups is 1. The van der Waals surface area contributed by atoms with E-state index in [1.54, 1.807) is 37.3 Å². The summed E-state index contributed by atoms with van der Waals surface area (Å²) in [5.41, 5.74) is 6.08. The molecule has 0 spiro atoms. The zero-order valence-corrected chi connectivity index (χ0v) is 16.5. The Labute approximate surface area is 175 Å². The average molecular weight is 433 g/mol. The Morgan fingerprint density at radius 3 is 2.34 bits per heavy atom. The van der Waals surface area contributed by atoms with E-state index in [1.165, 1.54) is 12.1 Å². The fraction of sp³-hybridized carbons (Fsp3) is 0.0556. The summed E-state index contributed by atoms with van der Waals surface area (Å²) in [6.07, 6.45) is 1.14. The van der Waals surface area contributed by atoms with Gasteiger partial charge in [0.1, 0.15) is 6.33 Å². The molecule has 0 saturated heterocycles. The van der Waals surface area contributed by atoms with Crippen LogP contribution in [0.15, 0.2) is 48.8 Å². The number of nitrogens with one attached hydrogen (secondary N) is 3. The van der Waals surface area contributed by atoms with Crippen molar-refractivity contribution in [2.45, 2.75) is 6.92 Å². The summed E-state index contributed by atoms with van der Waals surface area (Å²) in [6.45, 7) is 1.80. The maximum atomic E-state index is 12.2. The highest BCUT2D eigenvalue weighted by atomic mass is 35.5. The number of nitrogens with zero attached hydrogens (tertiary/aromatic N) is 3. The maximum Gasteiger partial charge on any atom is 0.355 e. The van der Waals surface area contributed by atoms with Crippen LogP contribution in [0.4, 0.5) is 23.0 Å². The van der Waals surface area contributed by atoms with Crippen LogP contribution in [0.25, 0.3) is 0 Å². The van der Waals surface area contributed by atoms with Crippen molar-refractivity contribution in [3.05, 3.63) is 80.1 Å². The largest absolute Gasteiger partial charge is 0.355 e. The van der Waals surface area contributed by atoms with Gasteiger partial charge in [-0.3, -0.25) is 25.8 Å². The second-order valence-corrected chi connectivity index (χ2v) is 6.72. The third-order valence-corrected chi connectivity index (χ3v) is 4.33. The standard InChI is InChI=1S/C18H14Cl2N6O3/c1-10-8-13(20)6-7-14(10)23-16-15(26(28)29)17(22-9-21-16)24-25-18(27)11-2-4-12(19)5-3-11/h2-9H,1H3,(H,25,27)(H2,21,22,23,24). The number of rotatable bonds is 6. The Hall–Kier alpha value is -3.43. The van der Waals surface area contributed by atoms with E-state index in [-0.39, 0.29) is 11.6 Å². The molecule has 0 fully saturated rings. The molecular weight excluding hydrogens is 419 g/mol. The molecule has 0 aliphatic rings. The minimum atomic E-state index is -0.648. The molecule has 0 aliphatic heterocycles. The van der Waals surface area contributed by atoms with Gasteiger partial charge in [-0.25, -0.2) is 9.97 Å². The Morgan fingerprint density at radius 1 is 1.03 bits per heavy atom. The number of hydrazine groups is 1. The summed E-state index contributed by atoms with van der Waals surface area (Å²) in [6, 6.07) is 11.2. The van der Waals surface area contributed by atoms with E-state index in [9.17, 15) is 14.9 Å². The minimum absolute atomic E-state index is 0.0429. The first-order valence-corrected chi connectivity index (χ1v) is 8.95.